The number of pyridine rings is 1. The van der Waals surface area contributed by atoms with Gasteiger partial charge in [-0.2, -0.15) is 5.10 Å². The lowest BCUT2D eigenvalue weighted by molar-refractivity contribution is 0.0676. The Labute approximate surface area is 153 Å². The lowest BCUT2D eigenvalue weighted by atomic mass is 10.2. The molecule has 136 valence electrons. The van der Waals surface area contributed by atoms with Gasteiger partial charge in [0.1, 0.15) is 0 Å². The molecule has 1 aliphatic rings. The number of hydrogen-bond donors (Lipinski definition) is 0. The summed E-state index contributed by atoms with van der Waals surface area (Å²) in [6, 6.07) is 8.12. The summed E-state index contributed by atoms with van der Waals surface area (Å²) < 4.78 is 7.79. The van der Waals surface area contributed by atoms with Crippen LogP contribution in [0.4, 0.5) is 0 Å². The Balaban J connectivity index is 1.59. The number of aryl methyl sites for hydroxylation is 2. The van der Waals surface area contributed by atoms with Crippen LogP contribution in [0.3, 0.4) is 0 Å². The third kappa shape index (κ3) is 3.76. The number of rotatable bonds is 6. The smallest absolute Gasteiger partial charge is 0.159 e. The fourth-order valence-corrected chi connectivity index (χ4v) is 3.65. The minimum Gasteiger partial charge on any atom is -0.377 e. The molecular weight excluding hydrogens is 326 g/mol. The van der Waals surface area contributed by atoms with E-state index in [0.29, 0.717) is 6.10 Å². The summed E-state index contributed by atoms with van der Waals surface area (Å²) in [4.78, 5) is 11.6. The van der Waals surface area contributed by atoms with Crippen molar-refractivity contribution < 1.29 is 4.74 Å². The third-order valence-corrected chi connectivity index (χ3v) is 4.84. The van der Waals surface area contributed by atoms with Crippen molar-refractivity contribution in [1.29, 1.82) is 0 Å². The second-order valence-electron chi connectivity index (χ2n) is 7.07. The van der Waals surface area contributed by atoms with Crippen LogP contribution in [-0.4, -0.2) is 43.7 Å². The Morgan fingerprint density at radius 2 is 2.19 bits per heavy atom. The summed E-state index contributed by atoms with van der Waals surface area (Å²) in [5, 5.41) is 4.53. The van der Waals surface area contributed by atoms with Crippen LogP contribution in [0.1, 0.15) is 35.5 Å². The average molecular weight is 351 g/mol. The van der Waals surface area contributed by atoms with Crippen molar-refractivity contribution in [2.45, 2.75) is 45.9 Å². The van der Waals surface area contributed by atoms with Crippen molar-refractivity contribution in [3.05, 3.63) is 59.3 Å². The SMILES string of the molecule is Cc1cc(C)n2ncc(CN(Cc3ccccn3)C[C@@H]3CCCO3)c2n1. The quantitative estimate of drug-likeness (QED) is 0.683. The van der Waals surface area contributed by atoms with Crippen LogP contribution in [-0.2, 0) is 17.8 Å². The highest BCUT2D eigenvalue weighted by atomic mass is 16.5. The predicted molar refractivity (Wildman–Crippen MR) is 99.8 cm³/mol. The molecule has 0 radical (unpaired) electrons. The minimum atomic E-state index is 0.303. The summed E-state index contributed by atoms with van der Waals surface area (Å²) in [5.41, 5.74) is 5.29. The molecule has 0 aromatic carbocycles. The van der Waals surface area contributed by atoms with Gasteiger partial charge >= 0.3 is 0 Å². The summed E-state index contributed by atoms with van der Waals surface area (Å²) >= 11 is 0. The lowest BCUT2D eigenvalue weighted by Gasteiger charge is -2.24. The van der Waals surface area contributed by atoms with Gasteiger partial charge in [-0.15, -0.1) is 0 Å². The molecule has 1 saturated heterocycles. The first-order chi connectivity index (χ1) is 12.7. The molecule has 0 N–H and O–H groups in total. The standard InChI is InChI=1S/C20H25N5O/c1-15-10-16(2)25-20(23-15)17(11-22-25)12-24(14-19-7-5-9-26-19)13-18-6-3-4-8-21-18/h3-4,6,8,10-11,19H,5,7,9,12-14H2,1-2H3/t19-/m0/s1. The van der Waals surface area contributed by atoms with Gasteiger partial charge in [-0.1, -0.05) is 6.07 Å². The van der Waals surface area contributed by atoms with Gasteiger partial charge in [0, 0.05) is 49.4 Å². The van der Waals surface area contributed by atoms with Crippen molar-refractivity contribution in [3.8, 4) is 0 Å². The first-order valence-corrected chi connectivity index (χ1v) is 9.24. The molecule has 3 aromatic heterocycles. The van der Waals surface area contributed by atoms with Crippen molar-refractivity contribution in [1.82, 2.24) is 24.5 Å². The summed E-state index contributed by atoms with van der Waals surface area (Å²) in [7, 11) is 0. The first kappa shape index (κ1) is 17.1. The Hall–Kier alpha value is -2.31. The van der Waals surface area contributed by atoms with Crippen LogP contribution in [0.15, 0.2) is 36.7 Å². The Bertz CT molecular complexity index is 871. The van der Waals surface area contributed by atoms with E-state index in [1.165, 1.54) is 0 Å². The molecule has 4 rings (SSSR count). The van der Waals surface area contributed by atoms with E-state index in [2.05, 4.69) is 34.0 Å². The van der Waals surface area contributed by atoms with E-state index >= 15 is 0 Å². The molecule has 26 heavy (non-hydrogen) atoms. The van der Waals surface area contributed by atoms with E-state index in [-0.39, 0.29) is 0 Å². The lowest BCUT2D eigenvalue weighted by Crippen LogP contribution is -2.31. The molecule has 6 nitrogen and oxygen atoms in total. The zero-order chi connectivity index (χ0) is 17.9. The van der Waals surface area contributed by atoms with Crippen LogP contribution in [0.2, 0.25) is 0 Å². The second kappa shape index (κ2) is 7.51. The number of fused-ring (bicyclic) bond motifs is 1. The number of hydrogen-bond acceptors (Lipinski definition) is 5. The Kier molecular flexibility index (Phi) is 4.95. The molecule has 0 spiro atoms. The van der Waals surface area contributed by atoms with E-state index in [9.17, 15) is 0 Å². The maximum atomic E-state index is 5.87. The molecule has 0 amide bonds. The third-order valence-electron chi connectivity index (χ3n) is 4.84. The van der Waals surface area contributed by atoms with Crippen molar-refractivity contribution in [3.63, 3.8) is 0 Å². The normalized spacial score (nSPS) is 17.4. The van der Waals surface area contributed by atoms with Gasteiger partial charge in [-0.05, 0) is 44.9 Å². The Morgan fingerprint density at radius 3 is 2.96 bits per heavy atom. The maximum Gasteiger partial charge on any atom is 0.159 e. The van der Waals surface area contributed by atoms with E-state index in [1.807, 2.05) is 36.0 Å². The molecular formula is C20H25N5O. The molecule has 3 aromatic rings. The number of aromatic nitrogens is 4. The summed E-state index contributed by atoms with van der Waals surface area (Å²) in [6.07, 6.45) is 6.37. The molecule has 1 atom stereocenters. The van der Waals surface area contributed by atoms with Gasteiger partial charge < -0.3 is 4.74 Å². The van der Waals surface area contributed by atoms with Gasteiger partial charge in [-0.25, -0.2) is 9.50 Å². The monoisotopic (exact) mass is 351 g/mol. The zero-order valence-electron chi connectivity index (χ0n) is 15.4. The highest BCUT2D eigenvalue weighted by Gasteiger charge is 2.21. The molecule has 0 aliphatic carbocycles. The van der Waals surface area contributed by atoms with E-state index < -0.39 is 0 Å². The van der Waals surface area contributed by atoms with Crippen LogP contribution < -0.4 is 0 Å². The molecule has 1 fully saturated rings. The summed E-state index contributed by atoms with van der Waals surface area (Å²) in [5.74, 6) is 0. The largest absolute Gasteiger partial charge is 0.377 e. The zero-order valence-corrected chi connectivity index (χ0v) is 15.4. The number of ether oxygens (including phenoxy) is 1. The van der Waals surface area contributed by atoms with E-state index in [0.717, 1.165) is 67.4 Å². The Morgan fingerprint density at radius 1 is 1.27 bits per heavy atom. The molecule has 6 heteroatoms. The van der Waals surface area contributed by atoms with Gasteiger partial charge in [0.05, 0.1) is 18.0 Å². The predicted octanol–water partition coefficient (Wildman–Crippen LogP) is 2.92. The summed E-state index contributed by atoms with van der Waals surface area (Å²) in [6.45, 7) is 7.45. The molecule has 0 saturated carbocycles. The van der Waals surface area contributed by atoms with E-state index in [4.69, 9.17) is 9.72 Å². The van der Waals surface area contributed by atoms with Crippen LogP contribution in [0, 0.1) is 13.8 Å². The highest BCUT2D eigenvalue weighted by Crippen LogP contribution is 2.19. The van der Waals surface area contributed by atoms with Crippen molar-refractivity contribution in [2.75, 3.05) is 13.2 Å². The first-order valence-electron chi connectivity index (χ1n) is 9.24. The fraction of sp³-hybridized carbons (Fsp3) is 0.450. The fourth-order valence-electron chi connectivity index (χ4n) is 3.65. The van der Waals surface area contributed by atoms with Crippen LogP contribution in [0.25, 0.3) is 5.65 Å². The molecule has 4 heterocycles. The number of nitrogens with zero attached hydrogens (tertiary/aromatic N) is 5. The van der Waals surface area contributed by atoms with Crippen molar-refractivity contribution in [2.24, 2.45) is 0 Å². The maximum absolute atomic E-state index is 5.87. The van der Waals surface area contributed by atoms with E-state index in [1.54, 1.807) is 0 Å². The van der Waals surface area contributed by atoms with Crippen LogP contribution >= 0.6 is 0 Å². The molecule has 1 aliphatic heterocycles. The topological polar surface area (TPSA) is 55.5 Å². The molecule has 0 bridgehead atoms. The minimum absolute atomic E-state index is 0.303. The van der Waals surface area contributed by atoms with Crippen LogP contribution in [0.5, 0.6) is 0 Å². The van der Waals surface area contributed by atoms with Gasteiger partial charge in [-0.3, -0.25) is 9.88 Å². The molecule has 0 unspecified atom stereocenters. The highest BCUT2D eigenvalue weighted by molar-refractivity contribution is 5.47. The second-order valence-corrected chi connectivity index (χ2v) is 7.07. The van der Waals surface area contributed by atoms with Gasteiger partial charge in [0.25, 0.3) is 0 Å². The van der Waals surface area contributed by atoms with Gasteiger partial charge in [0.15, 0.2) is 5.65 Å². The van der Waals surface area contributed by atoms with Crippen molar-refractivity contribution >= 4 is 5.65 Å². The van der Waals surface area contributed by atoms with Gasteiger partial charge in [0.2, 0.25) is 0 Å². The average Bonchev–Trinajstić information content (AvgIpc) is 3.26.